The number of nitrogens with one attached hydrogen (secondary N) is 1. The molecule has 1 amide bonds. The van der Waals surface area contributed by atoms with E-state index in [4.69, 9.17) is 16.3 Å². The van der Waals surface area contributed by atoms with Gasteiger partial charge in [0.25, 0.3) is 0 Å². The Hall–Kier alpha value is -1.22. The van der Waals surface area contributed by atoms with Gasteiger partial charge in [-0.05, 0) is 38.0 Å². The van der Waals surface area contributed by atoms with Crippen molar-refractivity contribution in [2.24, 2.45) is 0 Å². The van der Waals surface area contributed by atoms with Crippen molar-refractivity contribution in [3.8, 4) is 0 Å². The molecular weight excluding hydrogens is 214 g/mol. The molecule has 4 heteroatoms. The molecule has 0 saturated heterocycles. The van der Waals surface area contributed by atoms with E-state index in [1.807, 2.05) is 19.9 Å². The van der Waals surface area contributed by atoms with E-state index in [1.54, 1.807) is 13.0 Å². The normalized spacial score (nSPS) is 9.87. The second-order valence-electron chi connectivity index (χ2n) is 3.28. The van der Waals surface area contributed by atoms with Crippen molar-refractivity contribution in [1.29, 1.82) is 0 Å². The predicted octanol–water partition coefficient (Wildman–Crippen LogP) is 3.53. The first kappa shape index (κ1) is 11.9. The first-order valence-corrected chi connectivity index (χ1v) is 5.13. The molecule has 0 aliphatic heterocycles. The van der Waals surface area contributed by atoms with Gasteiger partial charge in [0, 0.05) is 0 Å². The number of halogens is 1. The number of carbonyl (C=O) groups is 1. The summed E-state index contributed by atoms with van der Waals surface area (Å²) in [5, 5.41) is 3.14. The van der Waals surface area contributed by atoms with Crippen LogP contribution in [0, 0.1) is 13.8 Å². The van der Waals surface area contributed by atoms with Crippen LogP contribution in [0.15, 0.2) is 12.1 Å². The van der Waals surface area contributed by atoms with Crippen LogP contribution >= 0.6 is 11.6 Å². The lowest BCUT2D eigenvalue weighted by atomic mass is 10.1. The molecule has 0 aliphatic rings. The molecule has 0 aromatic heterocycles. The van der Waals surface area contributed by atoms with Gasteiger partial charge in [-0.3, -0.25) is 5.32 Å². The van der Waals surface area contributed by atoms with Crippen molar-refractivity contribution in [3.63, 3.8) is 0 Å². The molecule has 0 atom stereocenters. The number of benzene rings is 1. The van der Waals surface area contributed by atoms with E-state index in [9.17, 15) is 4.79 Å². The third kappa shape index (κ3) is 3.13. The Morgan fingerprint density at radius 3 is 2.67 bits per heavy atom. The van der Waals surface area contributed by atoms with Crippen LogP contribution in [0.2, 0.25) is 5.02 Å². The Kier molecular flexibility index (Phi) is 3.97. The van der Waals surface area contributed by atoms with Crippen molar-refractivity contribution in [1.82, 2.24) is 0 Å². The zero-order valence-corrected chi connectivity index (χ0v) is 9.81. The number of hydrogen-bond donors (Lipinski definition) is 1. The fraction of sp³-hybridized carbons (Fsp3) is 0.364. The van der Waals surface area contributed by atoms with Crippen molar-refractivity contribution >= 4 is 23.4 Å². The highest BCUT2D eigenvalue weighted by Crippen LogP contribution is 2.27. The van der Waals surface area contributed by atoms with E-state index < -0.39 is 6.09 Å². The Bertz CT molecular complexity index is 354. The molecule has 1 N–H and O–H groups in total. The van der Waals surface area contributed by atoms with Crippen LogP contribution in [-0.2, 0) is 4.74 Å². The van der Waals surface area contributed by atoms with Crippen molar-refractivity contribution in [3.05, 3.63) is 28.3 Å². The van der Waals surface area contributed by atoms with Crippen LogP contribution < -0.4 is 5.32 Å². The maximum atomic E-state index is 11.2. The Morgan fingerprint density at radius 2 is 2.13 bits per heavy atom. The van der Waals surface area contributed by atoms with Crippen LogP contribution in [0.3, 0.4) is 0 Å². The summed E-state index contributed by atoms with van der Waals surface area (Å²) in [6.45, 7) is 5.94. The molecule has 0 saturated carbocycles. The summed E-state index contributed by atoms with van der Waals surface area (Å²) in [6, 6.07) is 3.75. The van der Waals surface area contributed by atoms with Crippen molar-refractivity contribution in [2.75, 3.05) is 11.9 Å². The zero-order chi connectivity index (χ0) is 11.4. The van der Waals surface area contributed by atoms with Crippen molar-refractivity contribution < 1.29 is 9.53 Å². The molecule has 3 nitrogen and oxygen atoms in total. The molecule has 0 unspecified atom stereocenters. The van der Waals surface area contributed by atoms with E-state index in [-0.39, 0.29) is 0 Å². The summed E-state index contributed by atoms with van der Waals surface area (Å²) in [7, 11) is 0. The highest BCUT2D eigenvalue weighted by atomic mass is 35.5. The molecule has 1 rings (SSSR count). The third-order valence-electron chi connectivity index (χ3n) is 1.93. The van der Waals surface area contributed by atoms with Crippen LogP contribution in [0.5, 0.6) is 0 Å². The summed E-state index contributed by atoms with van der Waals surface area (Å²) in [6.07, 6.45) is -0.480. The molecule has 0 aliphatic carbocycles. The predicted molar refractivity (Wildman–Crippen MR) is 61.6 cm³/mol. The first-order valence-electron chi connectivity index (χ1n) is 4.75. The number of ether oxygens (including phenoxy) is 1. The first-order chi connectivity index (χ1) is 7.04. The van der Waals surface area contributed by atoms with Gasteiger partial charge >= 0.3 is 6.09 Å². The minimum atomic E-state index is -0.480. The van der Waals surface area contributed by atoms with Gasteiger partial charge in [-0.1, -0.05) is 17.7 Å². The molecule has 0 heterocycles. The average molecular weight is 228 g/mol. The van der Waals surface area contributed by atoms with Crippen LogP contribution in [-0.4, -0.2) is 12.7 Å². The fourth-order valence-corrected chi connectivity index (χ4v) is 1.71. The van der Waals surface area contributed by atoms with Gasteiger partial charge in [0.2, 0.25) is 0 Å². The summed E-state index contributed by atoms with van der Waals surface area (Å²) in [5.74, 6) is 0. The number of rotatable bonds is 2. The highest BCUT2D eigenvalue weighted by Gasteiger charge is 2.09. The minimum Gasteiger partial charge on any atom is -0.450 e. The molecule has 82 valence electrons. The molecule has 0 radical (unpaired) electrons. The van der Waals surface area contributed by atoms with Crippen molar-refractivity contribution in [2.45, 2.75) is 20.8 Å². The maximum absolute atomic E-state index is 11.2. The molecule has 0 spiro atoms. The smallest absolute Gasteiger partial charge is 0.411 e. The third-order valence-corrected chi connectivity index (χ3v) is 2.23. The summed E-state index contributed by atoms with van der Waals surface area (Å²) >= 11 is 6.01. The van der Waals surface area contributed by atoms with E-state index in [0.717, 1.165) is 11.1 Å². The van der Waals surface area contributed by atoms with E-state index in [1.165, 1.54) is 0 Å². The second kappa shape index (κ2) is 5.03. The number of anilines is 1. The van der Waals surface area contributed by atoms with Gasteiger partial charge in [-0.25, -0.2) is 4.79 Å². The Morgan fingerprint density at radius 1 is 1.47 bits per heavy atom. The Balaban J connectivity index is 2.90. The zero-order valence-electron chi connectivity index (χ0n) is 9.06. The van der Waals surface area contributed by atoms with Gasteiger partial charge in [0.15, 0.2) is 0 Å². The monoisotopic (exact) mass is 227 g/mol. The lowest BCUT2D eigenvalue weighted by molar-refractivity contribution is 0.168. The quantitative estimate of drug-likeness (QED) is 0.840. The average Bonchev–Trinajstić information content (AvgIpc) is 2.11. The van der Waals surface area contributed by atoms with Gasteiger partial charge in [-0.2, -0.15) is 0 Å². The van der Waals surface area contributed by atoms with E-state index in [0.29, 0.717) is 17.3 Å². The highest BCUT2D eigenvalue weighted by molar-refractivity contribution is 6.33. The number of aryl methyl sites for hydroxylation is 2. The molecule has 0 bridgehead atoms. The molecule has 15 heavy (non-hydrogen) atoms. The maximum Gasteiger partial charge on any atom is 0.411 e. The number of hydrogen-bond acceptors (Lipinski definition) is 2. The van der Waals surface area contributed by atoms with E-state index >= 15 is 0 Å². The van der Waals surface area contributed by atoms with Crippen LogP contribution in [0.1, 0.15) is 18.1 Å². The minimum absolute atomic E-state index is 0.342. The van der Waals surface area contributed by atoms with Crippen LogP contribution in [0.4, 0.5) is 10.5 Å². The molecule has 0 fully saturated rings. The topological polar surface area (TPSA) is 38.3 Å². The summed E-state index contributed by atoms with van der Waals surface area (Å²) < 4.78 is 4.78. The SMILES string of the molecule is CCOC(=O)Nc1c(C)cc(C)cc1Cl. The molecule has 1 aromatic carbocycles. The van der Waals surface area contributed by atoms with Gasteiger partial charge in [-0.15, -0.1) is 0 Å². The van der Waals surface area contributed by atoms with E-state index in [2.05, 4.69) is 5.32 Å². The molecule has 1 aromatic rings. The van der Waals surface area contributed by atoms with Gasteiger partial charge in [0.1, 0.15) is 0 Å². The molecular formula is C11H14ClNO2. The summed E-state index contributed by atoms with van der Waals surface area (Å²) in [4.78, 5) is 11.2. The Labute approximate surface area is 94.4 Å². The van der Waals surface area contributed by atoms with Crippen LogP contribution in [0.25, 0.3) is 0 Å². The summed E-state index contributed by atoms with van der Waals surface area (Å²) in [5.41, 5.74) is 2.60. The lowest BCUT2D eigenvalue weighted by Crippen LogP contribution is -2.14. The number of amides is 1. The largest absolute Gasteiger partial charge is 0.450 e. The number of carbonyl (C=O) groups excluding carboxylic acids is 1. The lowest BCUT2D eigenvalue weighted by Gasteiger charge is -2.10. The second-order valence-corrected chi connectivity index (χ2v) is 3.69. The van der Waals surface area contributed by atoms with Gasteiger partial charge in [0.05, 0.1) is 17.3 Å². The standard InChI is InChI=1S/C11H14ClNO2/c1-4-15-11(14)13-10-8(3)5-7(2)6-9(10)12/h5-6H,4H2,1-3H3,(H,13,14). The van der Waals surface area contributed by atoms with Gasteiger partial charge < -0.3 is 4.74 Å². The fourth-order valence-electron chi connectivity index (χ4n) is 1.34.